The fourth-order valence-electron chi connectivity index (χ4n) is 4.82. The number of carbonyl (C=O) groups is 1. The largest absolute Gasteiger partial charge is 0.504 e. The van der Waals surface area contributed by atoms with E-state index in [0.29, 0.717) is 52.7 Å². The minimum absolute atomic E-state index is 0.148. The van der Waals surface area contributed by atoms with Gasteiger partial charge in [-0.2, -0.15) is 0 Å². The van der Waals surface area contributed by atoms with Gasteiger partial charge in [-0.1, -0.05) is 0 Å². The predicted octanol–water partition coefficient (Wildman–Crippen LogP) is 5.05. The van der Waals surface area contributed by atoms with Crippen LogP contribution in [0.4, 0.5) is 0 Å². The summed E-state index contributed by atoms with van der Waals surface area (Å²) >= 11 is 0. The SMILES string of the molecule is COc1cc2oc3cc(O)c(OC)c(CCC(C)(C)OC(C)=O)c3c(=O)c2c2c1CCC(C)(C)O2. The molecule has 0 fully saturated rings. The van der Waals surface area contributed by atoms with Gasteiger partial charge in [-0.05, 0) is 53.4 Å². The molecule has 4 rings (SSSR count). The minimum Gasteiger partial charge on any atom is -0.504 e. The maximum atomic E-state index is 14.1. The van der Waals surface area contributed by atoms with Crippen molar-refractivity contribution in [2.45, 2.75) is 71.5 Å². The van der Waals surface area contributed by atoms with Crippen molar-refractivity contribution in [2.75, 3.05) is 14.2 Å². The van der Waals surface area contributed by atoms with E-state index in [1.807, 2.05) is 13.8 Å². The fourth-order valence-corrected chi connectivity index (χ4v) is 4.82. The summed E-state index contributed by atoms with van der Waals surface area (Å²) in [4.78, 5) is 25.6. The normalized spacial score (nSPS) is 14.9. The summed E-state index contributed by atoms with van der Waals surface area (Å²) in [7, 11) is 3.00. The van der Waals surface area contributed by atoms with Crippen LogP contribution in [0.15, 0.2) is 21.3 Å². The second-order valence-electron chi connectivity index (χ2n) is 10.2. The maximum Gasteiger partial charge on any atom is 0.303 e. The highest BCUT2D eigenvalue weighted by molar-refractivity contribution is 5.98. The van der Waals surface area contributed by atoms with Crippen LogP contribution in [-0.4, -0.2) is 36.5 Å². The van der Waals surface area contributed by atoms with E-state index in [2.05, 4.69) is 0 Å². The number of hydrogen-bond donors (Lipinski definition) is 1. The Hall–Kier alpha value is -3.42. The Morgan fingerprint density at radius 3 is 2.46 bits per heavy atom. The lowest BCUT2D eigenvalue weighted by molar-refractivity contribution is -0.154. The summed E-state index contributed by atoms with van der Waals surface area (Å²) in [5.74, 6) is 0.696. The van der Waals surface area contributed by atoms with Gasteiger partial charge in [-0.25, -0.2) is 0 Å². The molecule has 0 spiro atoms. The van der Waals surface area contributed by atoms with Crippen LogP contribution in [0.3, 0.4) is 0 Å². The van der Waals surface area contributed by atoms with Crippen LogP contribution >= 0.6 is 0 Å². The molecule has 0 aliphatic carbocycles. The molecule has 0 amide bonds. The molecule has 0 saturated carbocycles. The topological polar surface area (TPSA) is 104 Å². The number of esters is 1. The van der Waals surface area contributed by atoms with Gasteiger partial charge >= 0.3 is 5.97 Å². The highest BCUT2D eigenvalue weighted by atomic mass is 16.6. The molecule has 35 heavy (non-hydrogen) atoms. The molecule has 1 aliphatic rings. The number of phenolic OH excluding ortho intramolecular Hbond substituents is 1. The molecule has 0 atom stereocenters. The van der Waals surface area contributed by atoms with Crippen LogP contribution in [0.2, 0.25) is 0 Å². The smallest absolute Gasteiger partial charge is 0.303 e. The third-order valence-electron chi connectivity index (χ3n) is 6.48. The van der Waals surface area contributed by atoms with Crippen LogP contribution < -0.4 is 19.6 Å². The van der Waals surface area contributed by atoms with E-state index >= 15 is 0 Å². The van der Waals surface area contributed by atoms with Crippen molar-refractivity contribution < 1.29 is 33.3 Å². The van der Waals surface area contributed by atoms with E-state index in [1.54, 1.807) is 27.0 Å². The van der Waals surface area contributed by atoms with Gasteiger partial charge in [0, 0.05) is 30.2 Å². The summed E-state index contributed by atoms with van der Waals surface area (Å²) in [6, 6.07) is 3.08. The third-order valence-corrected chi connectivity index (χ3v) is 6.48. The summed E-state index contributed by atoms with van der Waals surface area (Å²) < 4.78 is 29.0. The summed E-state index contributed by atoms with van der Waals surface area (Å²) in [5.41, 5.74) is 0.316. The van der Waals surface area contributed by atoms with Gasteiger partial charge in [0.2, 0.25) is 5.43 Å². The molecular weight excluding hydrogens is 452 g/mol. The monoisotopic (exact) mass is 484 g/mol. The first kappa shape index (κ1) is 24.7. The second-order valence-corrected chi connectivity index (χ2v) is 10.2. The molecule has 8 heteroatoms. The number of benzene rings is 2. The lowest BCUT2D eigenvalue weighted by Gasteiger charge is -2.33. The Morgan fingerprint density at radius 1 is 1.14 bits per heavy atom. The lowest BCUT2D eigenvalue weighted by Crippen LogP contribution is -2.33. The van der Waals surface area contributed by atoms with Crippen molar-refractivity contribution in [1.82, 2.24) is 0 Å². The van der Waals surface area contributed by atoms with E-state index in [0.717, 1.165) is 12.0 Å². The van der Waals surface area contributed by atoms with Gasteiger partial charge in [0.1, 0.15) is 39.3 Å². The third kappa shape index (κ3) is 4.49. The van der Waals surface area contributed by atoms with E-state index in [9.17, 15) is 14.7 Å². The van der Waals surface area contributed by atoms with Crippen molar-refractivity contribution in [3.8, 4) is 23.0 Å². The van der Waals surface area contributed by atoms with E-state index in [4.69, 9.17) is 23.4 Å². The molecular formula is C27H32O8. The Morgan fingerprint density at radius 2 is 1.83 bits per heavy atom. The van der Waals surface area contributed by atoms with Crippen LogP contribution in [0.25, 0.3) is 21.9 Å². The van der Waals surface area contributed by atoms with Crippen molar-refractivity contribution in [3.05, 3.63) is 33.5 Å². The maximum absolute atomic E-state index is 14.1. The van der Waals surface area contributed by atoms with E-state index in [1.165, 1.54) is 20.1 Å². The Kier molecular flexibility index (Phi) is 6.11. The predicted molar refractivity (Wildman–Crippen MR) is 132 cm³/mol. The molecule has 8 nitrogen and oxygen atoms in total. The molecule has 0 bridgehead atoms. The first-order valence-electron chi connectivity index (χ1n) is 11.7. The highest BCUT2D eigenvalue weighted by Crippen LogP contribution is 2.45. The zero-order valence-electron chi connectivity index (χ0n) is 21.3. The Balaban J connectivity index is 2.02. The number of aromatic hydroxyl groups is 1. The molecule has 188 valence electrons. The average molecular weight is 485 g/mol. The molecule has 3 aromatic rings. The standard InChI is InChI=1S/C27H32O8/c1-14(28)34-26(2,3)11-9-16-21-19(12-17(29)24(16)32-7)33-20-13-18(31-6)15-8-10-27(4,5)35-25(15)22(20)23(21)30/h12-13,29H,8-11H2,1-7H3. The first-order valence-corrected chi connectivity index (χ1v) is 11.7. The minimum atomic E-state index is -0.786. The van der Waals surface area contributed by atoms with Crippen LogP contribution in [0.5, 0.6) is 23.0 Å². The molecule has 0 radical (unpaired) electrons. The van der Waals surface area contributed by atoms with Crippen molar-refractivity contribution in [3.63, 3.8) is 0 Å². The second kappa shape index (κ2) is 8.66. The molecule has 0 unspecified atom stereocenters. The molecule has 0 saturated heterocycles. The van der Waals surface area contributed by atoms with Crippen LogP contribution in [-0.2, 0) is 22.4 Å². The summed E-state index contributed by atoms with van der Waals surface area (Å²) in [5, 5.41) is 11.3. The summed E-state index contributed by atoms with van der Waals surface area (Å²) in [6.07, 6.45) is 2.17. The van der Waals surface area contributed by atoms with Gasteiger partial charge in [0.05, 0.1) is 19.6 Å². The fraction of sp³-hybridized carbons (Fsp3) is 0.481. The van der Waals surface area contributed by atoms with Crippen molar-refractivity contribution >= 4 is 27.9 Å². The van der Waals surface area contributed by atoms with Gasteiger partial charge in [-0.15, -0.1) is 0 Å². The highest BCUT2D eigenvalue weighted by Gasteiger charge is 2.33. The number of phenols is 1. The quantitative estimate of drug-likeness (QED) is 0.383. The van der Waals surface area contributed by atoms with Gasteiger partial charge in [-0.3, -0.25) is 9.59 Å². The number of fused-ring (bicyclic) bond motifs is 4. The van der Waals surface area contributed by atoms with Crippen molar-refractivity contribution in [2.24, 2.45) is 0 Å². The van der Waals surface area contributed by atoms with E-state index in [-0.39, 0.29) is 22.5 Å². The number of carbonyl (C=O) groups excluding carboxylic acids is 1. The number of rotatable bonds is 6. The van der Waals surface area contributed by atoms with Crippen LogP contribution in [0.1, 0.15) is 58.6 Å². The van der Waals surface area contributed by atoms with Crippen LogP contribution in [0, 0.1) is 0 Å². The Bertz CT molecular complexity index is 1380. The number of ether oxygens (including phenoxy) is 4. The molecule has 1 aromatic heterocycles. The molecule has 2 aromatic carbocycles. The lowest BCUT2D eigenvalue weighted by atomic mass is 9.91. The molecule has 2 heterocycles. The van der Waals surface area contributed by atoms with Gasteiger partial charge < -0.3 is 28.5 Å². The van der Waals surface area contributed by atoms with Gasteiger partial charge in [0.15, 0.2) is 11.5 Å². The molecule has 1 N–H and O–H groups in total. The van der Waals surface area contributed by atoms with Gasteiger partial charge in [0.25, 0.3) is 0 Å². The number of methoxy groups -OCH3 is 2. The van der Waals surface area contributed by atoms with E-state index < -0.39 is 17.2 Å². The Labute approximate surface area is 203 Å². The number of hydrogen-bond acceptors (Lipinski definition) is 8. The molecule has 1 aliphatic heterocycles. The average Bonchev–Trinajstić information content (AvgIpc) is 2.74. The zero-order chi connectivity index (χ0) is 25.7. The number of aryl methyl sites for hydroxylation is 1. The zero-order valence-corrected chi connectivity index (χ0v) is 21.3. The van der Waals surface area contributed by atoms with Crippen molar-refractivity contribution in [1.29, 1.82) is 0 Å². The summed E-state index contributed by atoms with van der Waals surface area (Å²) in [6.45, 7) is 8.90. The first-order chi connectivity index (χ1) is 16.4.